The van der Waals surface area contributed by atoms with Crippen LogP contribution in [0.5, 0.6) is 0 Å². The fourth-order valence-electron chi connectivity index (χ4n) is 2.81. The largest absolute Gasteiger partial charge is 0.348 e. The van der Waals surface area contributed by atoms with E-state index >= 15 is 0 Å². The Kier molecular flexibility index (Phi) is 6.49. The molecular formula is C21H27FN2O3S. The van der Waals surface area contributed by atoms with E-state index in [1.807, 2.05) is 31.2 Å². The topological polar surface area (TPSA) is 66.5 Å². The van der Waals surface area contributed by atoms with Crippen molar-refractivity contribution in [2.75, 3.05) is 17.1 Å². The average Bonchev–Trinajstić information content (AvgIpc) is 2.59. The summed E-state index contributed by atoms with van der Waals surface area (Å²) in [6, 6.07) is 13.1. The molecule has 5 nitrogen and oxygen atoms in total. The Morgan fingerprint density at radius 1 is 1.11 bits per heavy atom. The Hall–Kier alpha value is -2.41. The Morgan fingerprint density at radius 3 is 2.18 bits per heavy atom. The number of hydrogen-bond acceptors (Lipinski definition) is 3. The first kappa shape index (κ1) is 21.9. The van der Waals surface area contributed by atoms with Gasteiger partial charge in [0.15, 0.2) is 0 Å². The van der Waals surface area contributed by atoms with Gasteiger partial charge in [-0.1, -0.05) is 57.2 Å². The highest BCUT2D eigenvalue weighted by atomic mass is 32.2. The minimum Gasteiger partial charge on any atom is -0.348 e. The van der Waals surface area contributed by atoms with Gasteiger partial charge in [0.1, 0.15) is 12.4 Å². The number of carbonyl (C=O) groups is 1. The monoisotopic (exact) mass is 406 g/mol. The molecule has 0 bridgehead atoms. The quantitative estimate of drug-likeness (QED) is 0.794. The Morgan fingerprint density at radius 2 is 1.68 bits per heavy atom. The zero-order chi connectivity index (χ0) is 21.1. The fraction of sp³-hybridized carbons (Fsp3) is 0.381. The number of carbonyl (C=O) groups excluding carboxylic acids is 1. The van der Waals surface area contributed by atoms with Gasteiger partial charge in [0.2, 0.25) is 15.9 Å². The summed E-state index contributed by atoms with van der Waals surface area (Å²) in [6.45, 7) is 7.68. The minimum atomic E-state index is -3.83. The molecule has 0 saturated heterocycles. The van der Waals surface area contributed by atoms with Crippen LogP contribution >= 0.6 is 0 Å². The molecule has 1 N–H and O–H groups in total. The highest BCUT2D eigenvalue weighted by Gasteiger charge is 2.24. The lowest BCUT2D eigenvalue weighted by molar-refractivity contribution is -0.120. The molecule has 1 amide bonds. The number of nitrogens with zero attached hydrogens (tertiary/aromatic N) is 1. The average molecular weight is 407 g/mol. The van der Waals surface area contributed by atoms with Crippen LogP contribution in [0.25, 0.3) is 0 Å². The third kappa shape index (κ3) is 5.55. The second-order valence-electron chi connectivity index (χ2n) is 7.88. The van der Waals surface area contributed by atoms with E-state index in [-0.39, 0.29) is 17.1 Å². The number of amides is 1. The fourth-order valence-corrected chi connectivity index (χ4v) is 3.66. The summed E-state index contributed by atoms with van der Waals surface area (Å²) in [5, 5.41) is 2.78. The van der Waals surface area contributed by atoms with E-state index in [9.17, 15) is 17.6 Å². The smallest absolute Gasteiger partial charge is 0.241 e. The highest BCUT2D eigenvalue weighted by Crippen LogP contribution is 2.24. The molecule has 0 aromatic heterocycles. The lowest BCUT2D eigenvalue weighted by atomic mass is 9.86. The number of benzene rings is 2. The number of rotatable bonds is 6. The third-order valence-electron chi connectivity index (χ3n) is 4.46. The summed E-state index contributed by atoms with van der Waals surface area (Å²) in [5.41, 5.74) is 1.96. The molecular weight excluding hydrogens is 379 g/mol. The number of sulfonamides is 1. The standard InChI is InChI=1S/C21H27FN2O3S/c1-15(16-10-12-17(13-11-16)21(2,3)4)23-20(25)14-24(28(5,26)27)19-9-7-6-8-18(19)22/h6-13,15H,14H2,1-5H3,(H,23,25)/t15-/m1/s1. The van der Waals surface area contributed by atoms with Crippen molar-refractivity contribution in [3.63, 3.8) is 0 Å². The molecule has 0 spiro atoms. The molecule has 0 saturated carbocycles. The van der Waals surface area contributed by atoms with Crippen LogP contribution in [0, 0.1) is 5.82 Å². The SMILES string of the molecule is C[C@@H](NC(=O)CN(c1ccccc1F)S(C)(=O)=O)c1ccc(C(C)(C)C)cc1. The van der Waals surface area contributed by atoms with E-state index in [2.05, 4.69) is 26.1 Å². The summed E-state index contributed by atoms with van der Waals surface area (Å²) in [7, 11) is -3.83. The van der Waals surface area contributed by atoms with Gasteiger partial charge < -0.3 is 5.32 Å². The first-order chi connectivity index (χ1) is 12.9. The molecule has 0 heterocycles. The van der Waals surface area contributed by atoms with Crippen LogP contribution in [-0.4, -0.2) is 27.1 Å². The van der Waals surface area contributed by atoms with E-state index in [1.54, 1.807) is 0 Å². The Bertz CT molecular complexity index is 935. The van der Waals surface area contributed by atoms with Crippen LogP contribution < -0.4 is 9.62 Å². The molecule has 0 aliphatic heterocycles. The Balaban J connectivity index is 2.13. The van der Waals surface area contributed by atoms with Gasteiger partial charge >= 0.3 is 0 Å². The van der Waals surface area contributed by atoms with Crippen molar-refractivity contribution < 1.29 is 17.6 Å². The number of halogens is 1. The third-order valence-corrected chi connectivity index (χ3v) is 5.59. The van der Waals surface area contributed by atoms with Crippen LogP contribution in [0.4, 0.5) is 10.1 Å². The van der Waals surface area contributed by atoms with E-state index in [1.165, 1.54) is 23.8 Å². The van der Waals surface area contributed by atoms with Crippen molar-refractivity contribution in [2.45, 2.75) is 39.2 Å². The lowest BCUT2D eigenvalue weighted by Gasteiger charge is -2.24. The van der Waals surface area contributed by atoms with Crippen LogP contribution in [0.15, 0.2) is 48.5 Å². The van der Waals surface area contributed by atoms with Crippen LogP contribution in [0.1, 0.15) is 44.9 Å². The first-order valence-electron chi connectivity index (χ1n) is 9.01. The van der Waals surface area contributed by atoms with Gasteiger partial charge in [-0.15, -0.1) is 0 Å². The summed E-state index contributed by atoms with van der Waals surface area (Å²) in [6.07, 6.45) is 0.946. The molecule has 1 atom stereocenters. The van der Waals surface area contributed by atoms with Gasteiger partial charge in [-0.05, 0) is 35.6 Å². The molecule has 152 valence electrons. The highest BCUT2D eigenvalue weighted by molar-refractivity contribution is 7.92. The lowest BCUT2D eigenvalue weighted by Crippen LogP contribution is -2.41. The van der Waals surface area contributed by atoms with Gasteiger partial charge in [-0.3, -0.25) is 9.10 Å². The molecule has 2 rings (SSSR count). The number of anilines is 1. The molecule has 0 aliphatic carbocycles. The molecule has 2 aromatic rings. The molecule has 0 unspecified atom stereocenters. The summed E-state index contributed by atoms with van der Waals surface area (Å²) in [5.74, 6) is -1.22. The summed E-state index contributed by atoms with van der Waals surface area (Å²) >= 11 is 0. The van der Waals surface area contributed by atoms with Crippen LogP contribution in [0.2, 0.25) is 0 Å². The summed E-state index contributed by atoms with van der Waals surface area (Å²) < 4.78 is 39.0. The van der Waals surface area contributed by atoms with Crippen molar-refractivity contribution >= 4 is 21.6 Å². The molecule has 2 aromatic carbocycles. The van der Waals surface area contributed by atoms with Crippen molar-refractivity contribution in [3.8, 4) is 0 Å². The van der Waals surface area contributed by atoms with E-state index < -0.39 is 28.3 Å². The van der Waals surface area contributed by atoms with Gasteiger partial charge in [-0.25, -0.2) is 12.8 Å². The van der Waals surface area contributed by atoms with E-state index in [4.69, 9.17) is 0 Å². The molecule has 0 aliphatic rings. The zero-order valence-electron chi connectivity index (χ0n) is 16.9. The second-order valence-corrected chi connectivity index (χ2v) is 9.79. The number of para-hydroxylation sites is 1. The van der Waals surface area contributed by atoms with Gasteiger partial charge in [0, 0.05) is 0 Å². The van der Waals surface area contributed by atoms with Crippen LogP contribution in [-0.2, 0) is 20.2 Å². The molecule has 0 fully saturated rings. The summed E-state index contributed by atoms with van der Waals surface area (Å²) in [4.78, 5) is 12.5. The maximum absolute atomic E-state index is 14.0. The van der Waals surface area contributed by atoms with Crippen molar-refractivity contribution in [2.24, 2.45) is 0 Å². The normalized spacial score (nSPS) is 13.1. The number of nitrogens with one attached hydrogen (secondary N) is 1. The van der Waals surface area contributed by atoms with Gasteiger partial charge in [-0.2, -0.15) is 0 Å². The molecule has 0 radical (unpaired) electrons. The van der Waals surface area contributed by atoms with E-state index in [0.717, 1.165) is 22.2 Å². The van der Waals surface area contributed by atoms with Crippen molar-refractivity contribution in [3.05, 3.63) is 65.5 Å². The Labute approximate surface area is 166 Å². The predicted molar refractivity (Wildman–Crippen MR) is 110 cm³/mol. The maximum atomic E-state index is 14.0. The zero-order valence-corrected chi connectivity index (χ0v) is 17.7. The van der Waals surface area contributed by atoms with Crippen LogP contribution in [0.3, 0.4) is 0 Å². The van der Waals surface area contributed by atoms with Crippen molar-refractivity contribution in [1.82, 2.24) is 5.32 Å². The first-order valence-corrected chi connectivity index (χ1v) is 10.9. The minimum absolute atomic E-state index is 0.0285. The van der Waals surface area contributed by atoms with Gasteiger partial charge in [0.25, 0.3) is 0 Å². The van der Waals surface area contributed by atoms with Crippen molar-refractivity contribution in [1.29, 1.82) is 0 Å². The molecule has 28 heavy (non-hydrogen) atoms. The molecule has 7 heteroatoms. The number of hydrogen-bond donors (Lipinski definition) is 1. The van der Waals surface area contributed by atoms with Gasteiger partial charge in [0.05, 0.1) is 18.0 Å². The van der Waals surface area contributed by atoms with E-state index in [0.29, 0.717) is 0 Å². The maximum Gasteiger partial charge on any atom is 0.241 e. The predicted octanol–water partition coefficient (Wildman–Crippen LogP) is 3.77. The second kappa shape index (κ2) is 8.31.